The molecule has 0 radical (unpaired) electrons. The van der Waals surface area contributed by atoms with Gasteiger partial charge in [-0.05, 0) is 61.1 Å². The van der Waals surface area contributed by atoms with Crippen molar-refractivity contribution in [2.45, 2.75) is 51.4 Å². The molecule has 4 nitrogen and oxygen atoms in total. The lowest BCUT2D eigenvalue weighted by Gasteiger charge is -2.09. The predicted molar refractivity (Wildman–Crippen MR) is 132 cm³/mol. The van der Waals surface area contributed by atoms with Crippen molar-refractivity contribution in [3.8, 4) is 11.5 Å². The van der Waals surface area contributed by atoms with Gasteiger partial charge in [0.25, 0.3) is 0 Å². The van der Waals surface area contributed by atoms with Gasteiger partial charge in [-0.2, -0.15) is 0 Å². The Labute approximate surface area is 190 Å². The molecule has 4 bridgehead atoms. The Bertz CT molecular complexity index is 1030. The summed E-state index contributed by atoms with van der Waals surface area (Å²) in [5.74, 6) is 0.627. The molecule has 0 aromatic heterocycles. The van der Waals surface area contributed by atoms with E-state index in [0.717, 1.165) is 49.7 Å². The highest BCUT2D eigenvalue weighted by atomic mass is 16.3. The first kappa shape index (κ1) is 21.8. The summed E-state index contributed by atoms with van der Waals surface area (Å²) in [5.41, 5.74) is 4.78. The molecule has 0 saturated carbocycles. The van der Waals surface area contributed by atoms with Gasteiger partial charge in [-0.3, -0.25) is 9.98 Å². The van der Waals surface area contributed by atoms with Gasteiger partial charge in [0.05, 0.1) is 11.4 Å². The molecule has 4 heteroatoms. The van der Waals surface area contributed by atoms with Crippen LogP contribution in [0.25, 0.3) is 0 Å². The van der Waals surface area contributed by atoms with Gasteiger partial charge < -0.3 is 10.2 Å². The fraction of sp³-hybridized carbons (Fsp3) is 0.286. The summed E-state index contributed by atoms with van der Waals surface area (Å²) in [4.78, 5) is 9.21. The highest BCUT2D eigenvalue weighted by molar-refractivity contribution is 5.89. The van der Waals surface area contributed by atoms with Crippen molar-refractivity contribution in [2.24, 2.45) is 9.98 Å². The average molecular weight is 427 g/mol. The van der Waals surface area contributed by atoms with Crippen molar-refractivity contribution in [1.29, 1.82) is 0 Å². The van der Waals surface area contributed by atoms with Crippen LogP contribution in [0.4, 0.5) is 11.4 Å². The summed E-state index contributed by atoms with van der Waals surface area (Å²) in [6, 6.07) is 19.3. The fourth-order valence-electron chi connectivity index (χ4n) is 4.13. The average Bonchev–Trinajstić information content (AvgIpc) is 2.81. The molecule has 1 heterocycles. The molecule has 0 fully saturated rings. The molecule has 164 valence electrons. The van der Waals surface area contributed by atoms with Crippen molar-refractivity contribution in [2.75, 3.05) is 0 Å². The molecule has 1 aliphatic rings. The zero-order valence-electron chi connectivity index (χ0n) is 18.4. The number of nitrogens with zero attached hydrogens (tertiary/aromatic N) is 2. The summed E-state index contributed by atoms with van der Waals surface area (Å²) in [5, 5.41) is 21.4. The Balaban J connectivity index is 1.68. The van der Waals surface area contributed by atoms with Crippen LogP contribution in [0, 0.1) is 0 Å². The minimum Gasteiger partial charge on any atom is -0.507 e. The monoisotopic (exact) mass is 426 g/mol. The summed E-state index contributed by atoms with van der Waals surface area (Å²) in [7, 11) is 0. The molecule has 0 amide bonds. The number of para-hydroxylation sites is 4. The number of aryl methyl sites for hydroxylation is 2. The minimum atomic E-state index is 0.313. The summed E-state index contributed by atoms with van der Waals surface area (Å²) < 4.78 is 0. The molecule has 32 heavy (non-hydrogen) atoms. The maximum atomic E-state index is 10.7. The van der Waals surface area contributed by atoms with Gasteiger partial charge in [-0.1, -0.05) is 62.1 Å². The number of aromatic hydroxyl groups is 2. The van der Waals surface area contributed by atoms with Crippen LogP contribution in [-0.2, 0) is 12.8 Å². The van der Waals surface area contributed by atoms with E-state index < -0.39 is 0 Å². The lowest BCUT2D eigenvalue weighted by Crippen LogP contribution is -1.93. The Morgan fingerprint density at radius 2 is 0.938 bits per heavy atom. The van der Waals surface area contributed by atoms with E-state index in [4.69, 9.17) is 0 Å². The number of benzene rings is 3. The summed E-state index contributed by atoms with van der Waals surface area (Å²) in [6.07, 6.45) is 12.0. The van der Waals surface area contributed by atoms with E-state index in [0.29, 0.717) is 34.0 Å². The first-order chi connectivity index (χ1) is 15.7. The Kier molecular flexibility index (Phi) is 7.34. The lowest BCUT2D eigenvalue weighted by atomic mass is 10.00. The first-order valence-electron chi connectivity index (χ1n) is 11.5. The molecular weight excluding hydrogens is 396 g/mol. The van der Waals surface area contributed by atoms with Crippen LogP contribution < -0.4 is 0 Å². The van der Waals surface area contributed by atoms with Gasteiger partial charge in [0.15, 0.2) is 0 Å². The third-order valence-electron chi connectivity index (χ3n) is 6.01. The van der Waals surface area contributed by atoms with Gasteiger partial charge in [0, 0.05) is 23.6 Å². The van der Waals surface area contributed by atoms with E-state index in [2.05, 4.69) is 9.98 Å². The normalized spacial score (nSPS) is 15.1. The number of phenolic OH excluding ortho intramolecular Hbond substituents is 2. The second kappa shape index (κ2) is 10.8. The maximum absolute atomic E-state index is 10.7. The Morgan fingerprint density at radius 3 is 1.41 bits per heavy atom. The van der Waals surface area contributed by atoms with Crippen LogP contribution in [0.1, 0.15) is 60.8 Å². The second-order valence-corrected chi connectivity index (χ2v) is 8.34. The highest BCUT2D eigenvalue weighted by Gasteiger charge is 2.08. The van der Waals surface area contributed by atoms with Gasteiger partial charge in [-0.25, -0.2) is 0 Å². The van der Waals surface area contributed by atoms with Crippen LogP contribution >= 0.6 is 0 Å². The van der Waals surface area contributed by atoms with Gasteiger partial charge in [-0.15, -0.1) is 0 Å². The zero-order valence-corrected chi connectivity index (χ0v) is 18.4. The van der Waals surface area contributed by atoms with Gasteiger partial charge in [0.1, 0.15) is 11.5 Å². The van der Waals surface area contributed by atoms with Crippen molar-refractivity contribution >= 4 is 23.8 Å². The molecule has 0 aliphatic carbocycles. The van der Waals surface area contributed by atoms with Gasteiger partial charge >= 0.3 is 0 Å². The summed E-state index contributed by atoms with van der Waals surface area (Å²) >= 11 is 0. The van der Waals surface area contributed by atoms with Crippen LogP contribution in [0.3, 0.4) is 0 Å². The van der Waals surface area contributed by atoms with E-state index in [9.17, 15) is 10.2 Å². The topological polar surface area (TPSA) is 65.2 Å². The molecule has 0 unspecified atom stereocenters. The van der Waals surface area contributed by atoms with E-state index in [1.807, 2.05) is 60.7 Å². The standard InChI is InChI=1S/C28H30N2O2/c31-27-21-11-5-3-1-2-4-6-12-22-14-10-16-24(28(22)32)20-30-26-18-8-7-17-25(26)29-19-23(27)15-9-13-21/h7-10,13-20,31-32H,1-6,11-12H2. The number of hydrogen-bond acceptors (Lipinski definition) is 4. The number of hydrogen-bond donors (Lipinski definition) is 2. The zero-order chi connectivity index (χ0) is 22.2. The lowest BCUT2D eigenvalue weighted by molar-refractivity contribution is 0.463. The number of aliphatic imine (C=N–C) groups is 2. The summed E-state index contributed by atoms with van der Waals surface area (Å²) in [6.45, 7) is 0. The molecule has 3 aromatic carbocycles. The molecule has 0 spiro atoms. The molecule has 2 N–H and O–H groups in total. The van der Waals surface area contributed by atoms with Gasteiger partial charge in [0.2, 0.25) is 0 Å². The van der Waals surface area contributed by atoms with E-state index >= 15 is 0 Å². The Morgan fingerprint density at radius 1 is 0.500 bits per heavy atom. The first-order valence-corrected chi connectivity index (χ1v) is 11.5. The molecule has 0 atom stereocenters. The molecule has 3 aromatic rings. The van der Waals surface area contributed by atoms with Crippen molar-refractivity contribution in [3.05, 3.63) is 82.9 Å². The third kappa shape index (κ3) is 5.44. The Hall–Kier alpha value is -3.40. The number of rotatable bonds is 0. The van der Waals surface area contributed by atoms with E-state index in [-0.39, 0.29) is 0 Å². The number of phenols is 2. The van der Waals surface area contributed by atoms with Crippen molar-refractivity contribution in [3.63, 3.8) is 0 Å². The van der Waals surface area contributed by atoms with Crippen LogP contribution in [0.2, 0.25) is 0 Å². The SMILES string of the molecule is Oc1c2cccc1CCCCCCCCc1cccc(c1O)C=Nc1ccccc1N=C2. The highest BCUT2D eigenvalue weighted by Crippen LogP contribution is 2.30. The molecule has 1 aliphatic heterocycles. The molecular formula is C28H30N2O2. The predicted octanol–water partition coefficient (Wildman–Crippen LogP) is 7.04. The van der Waals surface area contributed by atoms with E-state index in [1.54, 1.807) is 12.4 Å². The van der Waals surface area contributed by atoms with Crippen LogP contribution in [0.5, 0.6) is 11.5 Å². The quantitative estimate of drug-likeness (QED) is 0.405. The third-order valence-corrected chi connectivity index (χ3v) is 6.01. The van der Waals surface area contributed by atoms with Crippen molar-refractivity contribution in [1.82, 2.24) is 0 Å². The minimum absolute atomic E-state index is 0.313. The number of fused-ring (bicyclic) bond motifs is 5. The molecule has 4 rings (SSSR count). The maximum Gasteiger partial charge on any atom is 0.127 e. The second-order valence-electron chi connectivity index (χ2n) is 8.34. The molecule has 0 saturated heterocycles. The van der Waals surface area contributed by atoms with Crippen LogP contribution in [-0.4, -0.2) is 22.6 Å². The fourth-order valence-corrected chi connectivity index (χ4v) is 4.13. The smallest absolute Gasteiger partial charge is 0.127 e. The van der Waals surface area contributed by atoms with Crippen LogP contribution in [0.15, 0.2) is 70.6 Å². The van der Waals surface area contributed by atoms with Crippen molar-refractivity contribution < 1.29 is 10.2 Å². The largest absolute Gasteiger partial charge is 0.507 e. The van der Waals surface area contributed by atoms with E-state index in [1.165, 1.54) is 12.8 Å².